The van der Waals surface area contributed by atoms with E-state index >= 15 is 0 Å². The Balaban J connectivity index is 2.31. The van der Waals surface area contributed by atoms with E-state index in [-0.39, 0.29) is 5.56 Å². The summed E-state index contributed by atoms with van der Waals surface area (Å²) in [6.45, 7) is 1.46. The van der Waals surface area contributed by atoms with Crippen molar-refractivity contribution in [2.75, 3.05) is 0 Å². The second-order valence-corrected chi connectivity index (χ2v) is 6.95. The quantitative estimate of drug-likeness (QED) is 0.756. The number of hydrogen-bond donors (Lipinski definition) is 0. The zero-order valence-corrected chi connectivity index (χ0v) is 13.4. The van der Waals surface area contributed by atoms with Gasteiger partial charge >= 0.3 is 0 Å². The van der Waals surface area contributed by atoms with E-state index in [1.807, 2.05) is 0 Å². The van der Waals surface area contributed by atoms with Gasteiger partial charge in [-0.3, -0.25) is 9.00 Å². The zero-order valence-electron chi connectivity index (χ0n) is 11.0. The highest BCUT2D eigenvalue weighted by atomic mass is 79.9. The third kappa shape index (κ3) is 3.44. The fraction of sp³-hybridized carbons (Fsp3) is 0.133. The number of Topliss-reactive ketones (excluding diaryl/α,β-unsaturated/α-hetero) is 1. The summed E-state index contributed by atoms with van der Waals surface area (Å²) in [5.74, 6) is -2.33. The Morgan fingerprint density at radius 3 is 2.48 bits per heavy atom. The molecular weight excluding hydrogens is 362 g/mol. The van der Waals surface area contributed by atoms with Gasteiger partial charge < -0.3 is 0 Å². The van der Waals surface area contributed by atoms with E-state index in [2.05, 4.69) is 15.9 Å². The van der Waals surface area contributed by atoms with Gasteiger partial charge in [0.15, 0.2) is 5.78 Å². The molecule has 0 N–H and O–H groups in total. The summed E-state index contributed by atoms with van der Waals surface area (Å²) in [6.07, 6.45) is 0. The lowest BCUT2D eigenvalue weighted by Gasteiger charge is -2.12. The molecule has 2 nitrogen and oxygen atoms in total. The molecule has 0 aliphatic rings. The van der Waals surface area contributed by atoms with Crippen LogP contribution in [0.4, 0.5) is 8.78 Å². The van der Waals surface area contributed by atoms with Crippen molar-refractivity contribution in [1.29, 1.82) is 0 Å². The molecule has 0 saturated heterocycles. The van der Waals surface area contributed by atoms with Crippen LogP contribution in [-0.4, -0.2) is 15.2 Å². The first kappa shape index (κ1) is 16.0. The average Bonchev–Trinajstić information content (AvgIpc) is 2.45. The van der Waals surface area contributed by atoms with E-state index in [0.29, 0.717) is 15.4 Å². The molecule has 0 aliphatic carbocycles. The van der Waals surface area contributed by atoms with Gasteiger partial charge in [-0.2, -0.15) is 0 Å². The largest absolute Gasteiger partial charge is 0.293 e. The summed E-state index contributed by atoms with van der Waals surface area (Å²) in [5.41, 5.74) is -0.260. The third-order valence-corrected chi connectivity index (χ3v) is 5.54. The molecule has 0 spiro atoms. The molecule has 0 saturated carbocycles. The van der Waals surface area contributed by atoms with E-state index in [9.17, 15) is 17.8 Å². The highest BCUT2D eigenvalue weighted by molar-refractivity contribution is 9.10. The molecule has 2 rings (SSSR count). The van der Waals surface area contributed by atoms with Crippen LogP contribution in [0.5, 0.6) is 0 Å². The number of halogens is 3. The highest BCUT2D eigenvalue weighted by Gasteiger charge is 2.26. The van der Waals surface area contributed by atoms with Gasteiger partial charge in [-0.15, -0.1) is 0 Å². The number of benzene rings is 2. The topological polar surface area (TPSA) is 34.1 Å². The second kappa shape index (κ2) is 6.58. The van der Waals surface area contributed by atoms with Crippen molar-refractivity contribution in [3.05, 3.63) is 64.1 Å². The standard InChI is InChI=1S/C15H11BrF2O2S/c1-9(21(20)14-5-3-2-4-12(14)16)15(19)11-7-6-10(17)8-13(11)18/h2-9H,1H3. The molecule has 0 amide bonds. The minimum Gasteiger partial charge on any atom is -0.293 e. The molecule has 2 unspecified atom stereocenters. The number of rotatable bonds is 4. The molecule has 0 radical (unpaired) electrons. The molecule has 2 aromatic carbocycles. The van der Waals surface area contributed by atoms with Crippen molar-refractivity contribution in [2.45, 2.75) is 17.1 Å². The molecule has 0 heterocycles. The van der Waals surface area contributed by atoms with E-state index < -0.39 is 33.5 Å². The van der Waals surface area contributed by atoms with Crippen molar-refractivity contribution in [3.8, 4) is 0 Å². The predicted molar refractivity (Wildman–Crippen MR) is 80.7 cm³/mol. The maximum atomic E-state index is 13.6. The Morgan fingerprint density at radius 2 is 1.86 bits per heavy atom. The normalized spacial score (nSPS) is 13.7. The number of ketones is 1. The number of carbonyl (C=O) groups is 1. The van der Waals surface area contributed by atoms with Crippen LogP contribution < -0.4 is 0 Å². The van der Waals surface area contributed by atoms with Gasteiger partial charge in [0, 0.05) is 10.5 Å². The van der Waals surface area contributed by atoms with Gasteiger partial charge in [0.25, 0.3) is 0 Å². The Labute approximate surface area is 131 Å². The minimum absolute atomic E-state index is 0.260. The Kier molecular flexibility index (Phi) is 5.00. The fourth-order valence-corrected chi connectivity index (χ4v) is 3.74. The van der Waals surface area contributed by atoms with Crippen LogP contribution in [-0.2, 0) is 10.8 Å². The minimum atomic E-state index is -1.64. The van der Waals surface area contributed by atoms with Gasteiger partial charge in [0.1, 0.15) is 11.6 Å². The van der Waals surface area contributed by atoms with Gasteiger partial charge in [-0.25, -0.2) is 8.78 Å². The Hall–Kier alpha value is -1.40. The van der Waals surface area contributed by atoms with Gasteiger partial charge in [0.05, 0.1) is 26.5 Å². The molecule has 6 heteroatoms. The molecule has 0 aromatic heterocycles. The maximum Gasteiger partial charge on any atom is 0.181 e. The van der Waals surface area contributed by atoms with Crippen LogP contribution in [0.1, 0.15) is 17.3 Å². The first-order valence-corrected chi connectivity index (χ1v) is 8.06. The van der Waals surface area contributed by atoms with Crippen LogP contribution in [0.25, 0.3) is 0 Å². The zero-order chi connectivity index (χ0) is 15.6. The molecule has 21 heavy (non-hydrogen) atoms. The van der Waals surface area contributed by atoms with Gasteiger partial charge in [0.2, 0.25) is 0 Å². The van der Waals surface area contributed by atoms with Crippen LogP contribution >= 0.6 is 15.9 Å². The first-order chi connectivity index (χ1) is 9.91. The van der Waals surface area contributed by atoms with Crippen molar-refractivity contribution >= 4 is 32.5 Å². The molecule has 0 aliphatic heterocycles. The van der Waals surface area contributed by atoms with Gasteiger partial charge in [-0.05, 0) is 47.1 Å². The second-order valence-electron chi connectivity index (χ2n) is 4.36. The Bertz CT molecular complexity index is 719. The van der Waals surface area contributed by atoms with Crippen molar-refractivity contribution < 1.29 is 17.8 Å². The van der Waals surface area contributed by atoms with Crippen molar-refractivity contribution in [3.63, 3.8) is 0 Å². The van der Waals surface area contributed by atoms with Crippen LogP contribution in [0.2, 0.25) is 0 Å². The first-order valence-electron chi connectivity index (χ1n) is 6.06. The van der Waals surface area contributed by atoms with Crippen molar-refractivity contribution in [1.82, 2.24) is 0 Å². The van der Waals surface area contributed by atoms with Crippen LogP contribution in [0.15, 0.2) is 51.8 Å². The summed E-state index contributed by atoms with van der Waals surface area (Å²) in [5, 5.41) is -0.941. The predicted octanol–water partition coefficient (Wildman–Crippen LogP) is 4.11. The van der Waals surface area contributed by atoms with E-state index in [1.165, 1.54) is 6.92 Å². The van der Waals surface area contributed by atoms with E-state index in [1.54, 1.807) is 24.3 Å². The SMILES string of the molecule is CC(C(=O)c1ccc(F)cc1F)S(=O)c1ccccc1Br. The summed E-state index contributed by atoms with van der Waals surface area (Å²) in [6, 6.07) is 9.52. The fourth-order valence-electron chi connectivity index (χ4n) is 1.80. The van der Waals surface area contributed by atoms with Crippen LogP contribution in [0.3, 0.4) is 0 Å². The number of hydrogen-bond acceptors (Lipinski definition) is 2. The smallest absolute Gasteiger partial charge is 0.181 e. The molecule has 2 atom stereocenters. The molecule has 0 bridgehead atoms. The van der Waals surface area contributed by atoms with E-state index in [4.69, 9.17) is 0 Å². The lowest BCUT2D eigenvalue weighted by molar-refractivity contribution is 0.0988. The summed E-state index contributed by atoms with van der Waals surface area (Å²) < 4.78 is 39.5. The summed E-state index contributed by atoms with van der Waals surface area (Å²) in [4.78, 5) is 12.7. The maximum absolute atomic E-state index is 13.6. The highest BCUT2D eigenvalue weighted by Crippen LogP contribution is 2.24. The molecule has 110 valence electrons. The van der Waals surface area contributed by atoms with Crippen LogP contribution in [0, 0.1) is 11.6 Å². The number of carbonyl (C=O) groups excluding carboxylic acids is 1. The molecule has 0 fully saturated rings. The Morgan fingerprint density at radius 1 is 1.19 bits per heavy atom. The third-order valence-electron chi connectivity index (χ3n) is 2.94. The van der Waals surface area contributed by atoms with Gasteiger partial charge in [-0.1, -0.05) is 12.1 Å². The lowest BCUT2D eigenvalue weighted by Crippen LogP contribution is -2.24. The van der Waals surface area contributed by atoms with Crippen molar-refractivity contribution in [2.24, 2.45) is 0 Å². The monoisotopic (exact) mass is 372 g/mol. The lowest BCUT2D eigenvalue weighted by atomic mass is 10.1. The average molecular weight is 373 g/mol. The molecular formula is C15H11BrF2O2S. The summed E-state index contributed by atoms with van der Waals surface area (Å²) >= 11 is 3.27. The summed E-state index contributed by atoms with van der Waals surface area (Å²) in [7, 11) is -1.64. The van der Waals surface area contributed by atoms with E-state index in [0.717, 1.165) is 12.1 Å². The molecule has 2 aromatic rings.